The van der Waals surface area contributed by atoms with Crippen LogP contribution in [0, 0.1) is 11.8 Å². The quantitative estimate of drug-likeness (QED) is 0.392. The Balaban J connectivity index is 1.62. The van der Waals surface area contributed by atoms with Crippen molar-refractivity contribution in [3.05, 3.63) is 48.6 Å². The lowest BCUT2D eigenvalue weighted by Gasteiger charge is -2.40. The molecular formula is C31H41N3O6. The third-order valence-electron chi connectivity index (χ3n) is 9.21. The summed E-state index contributed by atoms with van der Waals surface area (Å²) in [6, 6.07) is 6.23. The predicted molar refractivity (Wildman–Crippen MR) is 152 cm³/mol. The predicted octanol–water partition coefficient (Wildman–Crippen LogP) is 3.07. The van der Waals surface area contributed by atoms with Crippen LogP contribution in [0.15, 0.2) is 48.6 Å². The van der Waals surface area contributed by atoms with Gasteiger partial charge in [0.2, 0.25) is 5.91 Å². The number of ether oxygens (including phenoxy) is 2. The minimum Gasteiger partial charge on any atom is -0.465 e. The molecule has 0 saturated carbocycles. The number of hydrogen-bond donors (Lipinski definition) is 1. The summed E-state index contributed by atoms with van der Waals surface area (Å²) in [4.78, 5) is 47.8. The van der Waals surface area contributed by atoms with Crippen molar-refractivity contribution in [1.82, 2.24) is 4.90 Å². The molecule has 40 heavy (non-hydrogen) atoms. The number of likely N-dealkylation sites (tertiary alicyclic amines) is 1. The van der Waals surface area contributed by atoms with Gasteiger partial charge in [0, 0.05) is 31.0 Å². The molecule has 1 N–H and O–H groups in total. The van der Waals surface area contributed by atoms with Crippen LogP contribution in [0.1, 0.15) is 47.0 Å². The second-order valence-corrected chi connectivity index (χ2v) is 11.0. The highest BCUT2D eigenvalue weighted by molar-refractivity contribution is 6.05. The van der Waals surface area contributed by atoms with Crippen molar-refractivity contribution in [1.29, 1.82) is 0 Å². The minimum absolute atomic E-state index is 0.229. The van der Waals surface area contributed by atoms with Crippen molar-refractivity contribution in [2.75, 3.05) is 42.6 Å². The summed E-state index contributed by atoms with van der Waals surface area (Å²) < 4.78 is 12.5. The van der Waals surface area contributed by atoms with Gasteiger partial charge >= 0.3 is 5.97 Å². The molecule has 9 heteroatoms. The summed E-state index contributed by atoms with van der Waals surface area (Å²) in [5.41, 5.74) is -0.670. The first-order valence-corrected chi connectivity index (χ1v) is 14.6. The maximum Gasteiger partial charge on any atom is 0.313 e. The monoisotopic (exact) mass is 551 g/mol. The Morgan fingerprint density at radius 2 is 1.73 bits per heavy atom. The van der Waals surface area contributed by atoms with Gasteiger partial charge in [-0.05, 0) is 57.4 Å². The summed E-state index contributed by atoms with van der Waals surface area (Å²) in [7, 11) is 0. The lowest BCUT2D eigenvalue weighted by molar-refractivity contribution is -0.161. The van der Waals surface area contributed by atoms with Gasteiger partial charge in [0.25, 0.3) is 5.91 Å². The Morgan fingerprint density at radius 3 is 2.35 bits per heavy atom. The molecular weight excluding hydrogens is 510 g/mol. The molecule has 2 amide bonds. The summed E-state index contributed by atoms with van der Waals surface area (Å²) in [6.45, 7) is 9.97. The van der Waals surface area contributed by atoms with Gasteiger partial charge < -0.3 is 29.3 Å². The van der Waals surface area contributed by atoms with Gasteiger partial charge in [0.15, 0.2) is 0 Å². The second kappa shape index (κ2) is 11.0. The van der Waals surface area contributed by atoms with Crippen LogP contribution in [-0.2, 0) is 23.9 Å². The normalized spacial score (nSPS) is 32.1. The fourth-order valence-corrected chi connectivity index (χ4v) is 7.14. The van der Waals surface area contributed by atoms with Crippen LogP contribution >= 0.6 is 0 Å². The van der Waals surface area contributed by atoms with E-state index in [2.05, 4.69) is 18.7 Å². The van der Waals surface area contributed by atoms with Crippen LogP contribution in [0.5, 0.6) is 0 Å². The zero-order valence-electron chi connectivity index (χ0n) is 23.9. The Kier molecular flexibility index (Phi) is 7.81. The molecule has 1 spiro atoms. The van der Waals surface area contributed by atoms with Crippen LogP contribution in [0.2, 0.25) is 0 Å². The lowest BCUT2D eigenvalue weighted by atomic mass is 9.73. The fraction of sp³-hybridized carbons (Fsp3) is 0.581. The average molecular weight is 552 g/mol. The highest BCUT2D eigenvalue weighted by Crippen LogP contribution is 2.58. The third kappa shape index (κ3) is 4.16. The maximum atomic E-state index is 14.6. The number of carbonyl (C=O) groups is 3. The molecule has 1 aromatic carbocycles. The van der Waals surface area contributed by atoms with Gasteiger partial charge in [-0.1, -0.05) is 38.2 Å². The molecule has 9 nitrogen and oxygen atoms in total. The van der Waals surface area contributed by atoms with Gasteiger partial charge in [0.1, 0.15) is 23.2 Å². The van der Waals surface area contributed by atoms with Crippen molar-refractivity contribution < 1.29 is 29.0 Å². The Hall–Kier alpha value is -3.17. The molecule has 1 aromatic rings. The Bertz CT molecular complexity index is 1190. The molecule has 0 bridgehead atoms. The first kappa shape index (κ1) is 28.4. The number of nitrogens with zero attached hydrogens (tertiary/aromatic N) is 3. The number of esters is 1. The average Bonchev–Trinajstić information content (AvgIpc) is 3.31. The van der Waals surface area contributed by atoms with E-state index in [0.717, 1.165) is 18.8 Å². The molecule has 4 aliphatic rings. The van der Waals surface area contributed by atoms with E-state index in [9.17, 15) is 19.5 Å². The number of amides is 2. The molecule has 0 aliphatic carbocycles. The SMILES string of the molecule is CC[C@@H](CO)N1C(=O)[C@@H]2[C@@H]3C(=O)OCCC=C[C@]3(CC)O[C@@]23C=CCN(c2ccc(N(CC)CC)cc2)C(=O)C13. The Morgan fingerprint density at radius 1 is 1.00 bits per heavy atom. The molecule has 0 radical (unpaired) electrons. The number of cyclic esters (lactones) is 1. The summed E-state index contributed by atoms with van der Waals surface area (Å²) >= 11 is 0. The van der Waals surface area contributed by atoms with Gasteiger partial charge in [-0.25, -0.2) is 0 Å². The highest BCUT2D eigenvalue weighted by atomic mass is 16.6. The van der Waals surface area contributed by atoms with E-state index in [4.69, 9.17) is 9.47 Å². The van der Waals surface area contributed by atoms with Crippen LogP contribution < -0.4 is 9.80 Å². The van der Waals surface area contributed by atoms with Crippen LogP contribution in [0.25, 0.3) is 0 Å². The maximum absolute atomic E-state index is 14.6. The number of hydrogen-bond acceptors (Lipinski definition) is 7. The van der Waals surface area contributed by atoms with Crippen LogP contribution in [0.3, 0.4) is 0 Å². The standard InChI is InChI=1S/C31H41N3O6/c1-5-21(20-35)34-26-28(37)33(23-14-12-22(13-15-23)32(7-3)8-4)18-11-17-31(26)24(27(34)36)25-29(38)39-19-10-9-16-30(25,6-2)40-31/h9,11-17,21,24-26,35H,5-8,10,18-20H2,1-4H3/t21-,24-,25+,26?,30-,31-/m0/s1. The van der Waals surface area contributed by atoms with E-state index in [0.29, 0.717) is 31.5 Å². The molecule has 2 fully saturated rings. The third-order valence-corrected chi connectivity index (χ3v) is 9.21. The highest BCUT2D eigenvalue weighted by Gasteiger charge is 2.75. The molecule has 1 unspecified atom stereocenters. The van der Waals surface area contributed by atoms with Gasteiger partial charge in [-0.15, -0.1) is 0 Å². The largest absolute Gasteiger partial charge is 0.465 e. The van der Waals surface area contributed by atoms with Gasteiger partial charge in [-0.3, -0.25) is 14.4 Å². The van der Waals surface area contributed by atoms with Crippen molar-refractivity contribution in [2.45, 2.75) is 70.2 Å². The summed E-state index contributed by atoms with van der Waals surface area (Å²) in [6.07, 6.45) is 8.98. The lowest BCUT2D eigenvalue weighted by Crippen LogP contribution is -2.59. The molecule has 216 valence electrons. The molecule has 5 rings (SSSR count). The van der Waals surface area contributed by atoms with E-state index in [1.165, 1.54) is 4.90 Å². The smallest absolute Gasteiger partial charge is 0.313 e. The number of aliphatic hydroxyl groups is 1. The number of carbonyl (C=O) groups excluding carboxylic acids is 3. The van der Waals surface area contributed by atoms with Gasteiger partial charge in [0.05, 0.1) is 25.2 Å². The van der Waals surface area contributed by atoms with Crippen LogP contribution in [-0.4, -0.2) is 83.9 Å². The first-order chi connectivity index (χ1) is 19.3. The number of aliphatic hydroxyl groups excluding tert-OH is 1. The molecule has 2 saturated heterocycles. The molecule has 4 aliphatic heterocycles. The van der Waals surface area contributed by atoms with E-state index in [1.54, 1.807) is 4.90 Å². The van der Waals surface area contributed by atoms with Gasteiger partial charge in [-0.2, -0.15) is 0 Å². The zero-order valence-corrected chi connectivity index (χ0v) is 23.9. The van der Waals surface area contributed by atoms with Crippen LogP contribution in [0.4, 0.5) is 11.4 Å². The zero-order chi connectivity index (χ0) is 28.7. The number of anilines is 2. The van der Waals surface area contributed by atoms with Crippen molar-refractivity contribution in [3.63, 3.8) is 0 Å². The van der Waals surface area contributed by atoms with Crippen molar-refractivity contribution in [2.24, 2.45) is 11.8 Å². The topological polar surface area (TPSA) is 99.6 Å². The van der Waals surface area contributed by atoms with E-state index in [1.807, 2.05) is 62.4 Å². The molecule has 6 atom stereocenters. The van der Waals surface area contributed by atoms with Crippen molar-refractivity contribution in [3.8, 4) is 0 Å². The van der Waals surface area contributed by atoms with E-state index in [-0.39, 0.29) is 25.0 Å². The number of rotatable bonds is 8. The fourth-order valence-electron chi connectivity index (χ4n) is 7.14. The van der Waals surface area contributed by atoms with E-state index < -0.39 is 41.1 Å². The van der Waals surface area contributed by atoms with E-state index >= 15 is 0 Å². The molecule has 0 aromatic heterocycles. The molecule has 4 heterocycles. The summed E-state index contributed by atoms with van der Waals surface area (Å²) in [5.74, 6) is -2.97. The minimum atomic E-state index is -1.37. The Labute approximate surface area is 236 Å². The number of fused-ring (bicyclic) bond motifs is 2. The first-order valence-electron chi connectivity index (χ1n) is 14.6. The van der Waals surface area contributed by atoms with Crippen molar-refractivity contribution >= 4 is 29.2 Å². The number of benzene rings is 1. The summed E-state index contributed by atoms with van der Waals surface area (Å²) in [5, 5.41) is 10.3. The second-order valence-electron chi connectivity index (χ2n) is 11.0.